The maximum Gasteiger partial charge on any atom is 0.416 e. The predicted octanol–water partition coefficient (Wildman–Crippen LogP) is 5.16. The minimum atomic E-state index is -4.42. The van der Waals surface area contributed by atoms with Crippen LogP contribution >= 0.6 is 0 Å². The van der Waals surface area contributed by atoms with Crippen LogP contribution in [0.1, 0.15) is 24.1 Å². The van der Waals surface area contributed by atoms with Crippen molar-refractivity contribution in [2.24, 2.45) is 0 Å². The third kappa shape index (κ3) is 3.71. The van der Waals surface area contributed by atoms with Crippen LogP contribution in [-0.4, -0.2) is 0 Å². The Balaban J connectivity index is 2.20. The highest BCUT2D eigenvalue weighted by Gasteiger charge is 2.30. The first-order valence-corrected chi connectivity index (χ1v) is 6.16. The van der Waals surface area contributed by atoms with Gasteiger partial charge in [0.2, 0.25) is 0 Å². The highest BCUT2D eigenvalue weighted by atomic mass is 19.4. The van der Waals surface area contributed by atoms with E-state index in [1.165, 1.54) is 18.2 Å². The maximum atomic E-state index is 13.1. The Bertz CT molecular complexity index is 636. The molecule has 0 saturated carbocycles. The van der Waals surface area contributed by atoms with E-state index in [9.17, 15) is 22.0 Å². The van der Waals surface area contributed by atoms with Gasteiger partial charge in [-0.3, -0.25) is 0 Å². The molecule has 0 radical (unpaired) electrons. The van der Waals surface area contributed by atoms with Crippen molar-refractivity contribution in [1.29, 1.82) is 0 Å². The molecular weight excluding hydrogens is 289 g/mol. The molecule has 0 aliphatic heterocycles. The average molecular weight is 301 g/mol. The fourth-order valence-corrected chi connectivity index (χ4v) is 1.90. The molecule has 0 aromatic heterocycles. The van der Waals surface area contributed by atoms with E-state index in [-0.39, 0.29) is 0 Å². The predicted molar refractivity (Wildman–Crippen MR) is 69.8 cm³/mol. The van der Waals surface area contributed by atoms with Crippen LogP contribution in [0.15, 0.2) is 42.5 Å². The molecule has 2 aromatic carbocycles. The minimum absolute atomic E-state index is 0.291. The maximum absolute atomic E-state index is 13.1. The number of nitrogens with one attached hydrogen (secondary N) is 1. The summed E-state index contributed by atoms with van der Waals surface area (Å²) >= 11 is 0. The van der Waals surface area contributed by atoms with E-state index in [0.717, 1.165) is 24.3 Å². The van der Waals surface area contributed by atoms with E-state index in [1.54, 1.807) is 6.92 Å². The van der Waals surface area contributed by atoms with Crippen molar-refractivity contribution in [1.82, 2.24) is 0 Å². The molecule has 0 saturated heterocycles. The molecule has 0 aliphatic rings. The van der Waals surface area contributed by atoms with Gasteiger partial charge in [0, 0.05) is 17.8 Å². The molecule has 1 nitrogen and oxygen atoms in total. The summed E-state index contributed by atoms with van der Waals surface area (Å²) in [5.41, 5.74) is -0.0627. The number of halogens is 5. The summed E-state index contributed by atoms with van der Waals surface area (Å²) in [5.74, 6) is -2.00. The summed E-state index contributed by atoms with van der Waals surface area (Å²) in [5, 5.41) is 2.83. The van der Waals surface area contributed by atoms with Crippen LogP contribution in [0.3, 0.4) is 0 Å². The topological polar surface area (TPSA) is 12.0 Å². The molecule has 0 amide bonds. The zero-order valence-corrected chi connectivity index (χ0v) is 11.0. The van der Waals surface area contributed by atoms with Gasteiger partial charge in [-0.2, -0.15) is 13.2 Å². The molecule has 1 unspecified atom stereocenters. The summed E-state index contributed by atoms with van der Waals surface area (Å²) in [6, 6.07) is 7.59. The Morgan fingerprint density at radius 2 is 1.67 bits per heavy atom. The molecule has 0 fully saturated rings. The van der Waals surface area contributed by atoms with Gasteiger partial charge in [-0.25, -0.2) is 8.78 Å². The number of hydrogen-bond acceptors (Lipinski definition) is 1. The third-order valence-corrected chi connectivity index (χ3v) is 3.02. The van der Waals surface area contributed by atoms with Gasteiger partial charge in [0.25, 0.3) is 0 Å². The molecule has 6 heteroatoms. The van der Waals surface area contributed by atoms with Crippen LogP contribution in [0.5, 0.6) is 0 Å². The average Bonchev–Trinajstić information content (AvgIpc) is 2.42. The first kappa shape index (κ1) is 15.3. The zero-order chi connectivity index (χ0) is 15.6. The molecule has 0 heterocycles. The number of benzene rings is 2. The quantitative estimate of drug-likeness (QED) is 0.772. The monoisotopic (exact) mass is 301 g/mol. The lowest BCUT2D eigenvalue weighted by molar-refractivity contribution is -0.137. The van der Waals surface area contributed by atoms with Crippen molar-refractivity contribution >= 4 is 5.69 Å². The molecular formula is C15H12F5N. The zero-order valence-electron chi connectivity index (χ0n) is 11.0. The molecule has 0 spiro atoms. The molecule has 2 rings (SSSR count). The highest BCUT2D eigenvalue weighted by Crippen LogP contribution is 2.31. The third-order valence-electron chi connectivity index (χ3n) is 3.02. The van der Waals surface area contributed by atoms with E-state index in [1.807, 2.05) is 0 Å². The van der Waals surface area contributed by atoms with Crippen LogP contribution in [-0.2, 0) is 6.18 Å². The van der Waals surface area contributed by atoms with Gasteiger partial charge in [-0.1, -0.05) is 12.1 Å². The molecule has 112 valence electrons. The normalized spacial score (nSPS) is 13.0. The fourth-order valence-electron chi connectivity index (χ4n) is 1.90. The lowest BCUT2D eigenvalue weighted by atomic mass is 10.0. The number of anilines is 1. The van der Waals surface area contributed by atoms with Gasteiger partial charge in [-0.15, -0.1) is 0 Å². The van der Waals surface area contributed by atoms with Gasteiger partial charge >= 0.3 is 6.18 Å². The number of hydrogen-bond donors (Lipinski definition) is 1. The molecule has 2 aromatic rings. The summed E-state index contributed by atoms with van der Waals surface area (Å²) in [6.45, 7) is 1.64. The molecule has 0 bridgehead atoms. The Morgan fingerprint density at radius 3 is 2.29 bits per heavy atom. The Morgan fingerprint density at radius 1 is 0.952 bits per heavy atom. The van der Waals surface area contributed by atoms with E-state index in [4.69, 9.17) is 0 Å². The lowest BCUT2D eigenvalue weighted by Gasteiger charge is -2.17. The van der Waals surface area contributed by atoms with Crippen molar-refractivity contribution in [2.75, 3.05) is 5.32 Å². The van der Waals surface area contributed by atoms with Crippen LogP contribution in [0.2, 0.25) is 0 Å². The number of rotatable bonds is 3. The smallest absolute Gasteiger partial charge is 0.378 e. The Kier molecular flexibility index (Phi) is 4.16. The van der Waals surface area contributed by atoms with Crippen molar-refractivity contribution in [3.63, 3.8) is 0 Å². The standard InChI is InChI=1S/C15H12F5N/c1-9(21-12-5-6-13(16)14(17)8-12)10-3-2-4-11(7-10)15(18,19)20/h2-9,21H,1H3. The van der Waals surface area contributed by atoms with Crippen LogP contribution < -0.4 is 5.32 Å². The van der Waals surface area contributed by atoms with E-state index in [0.29, 0.717) is 11.3 Å². The van der Waals surface area contributed by atoms with Gasteiger partial charge in [-0.05, 0) is 36.8 Å². The first-order chi connectivity index (χ1) is 9.77. The Labute approximate surface area is 118 Å². The van der Waals surface area contributed by atoms with Gasteiger partial charge in [0.1, 0.15) is 0 Å². The highest BCUT2D eigenvalue weighted by molar-refractivity contribution is 5.46. The first-order valence-electron chi connectivity index (χ1n) is 6.16. The molecule has 1 N–H and O–H groups in total. The van der Waals surface area contributed by atoms with E-state index >= 15 is 0 Å². The lowest BCUT2D eigenvalue weighted by Crippen LogP contribution is -2.10. The van der Waals surface area contributed by atoms with Gasteiger partial charge < -0.3 is 5.32 Å². The largest absolute Gasteiger partial charge is 0.416 e. The van der Waals surface area contributed by atoms with Crippen LogP contribution in [0.4, 0.5) is 27.6 Å². The molecule has 21 heavy (non-hydrogen) atoms. The van der Waals surface area contributed by atoms with Crippen LogP contribution in [0.25, 0.3) is 0 Å². The van der Waals surface area contributed by atoms with Gasteiger partial charge in [0.15, 0.2) is 11.6 Å². The molecule has 0 aliphatic carbocycles. The van der Waals surface area contributed by atoms with Crippen molar-refractivity contribution in [3.05, 3.63) is 65.2 Å². The Hall–Kier alpha value is -2.11. The SMILES string of the molecule is CC(Nc1ccc(F)c(F)c1)c1cccc(C(F)(F)F)c1. The summed E-state index contributed by atoms with van der Waals surface area (Å²) in [6.07, 6.45) is -4.42. The number of alkyl halides is 3. The van der Waals surface area contributed by atoms with Gasteiger partial charge in [0.05, 0.1) is 5.56 Å². The second-order valence-corrected chi connectivity index (χ2v) is 4.62. The van der Waals surface area contributed by atoms with Crippen molar-refractivity contribution in [2.45, 2.75) is 19.1 Å². The summed E-state index contributed by atoms with van der Waals surface area (Å²) < 4.78 is 63.8. The van der Waals surface area contributed by atoms with E-state index in [2.05, 4.69) is 5.32 Å². The minimum Gasteiger partial charge on any atom is -0.378 e. The second kappa shape index (κ2) is 5.71. The van der Waals surface area contributed by atoms with Crippen molar-refractivity contribution < 1.29 is 22.0 Å². The molecule has 1 atom stereocenters. The summed E-state index contributed by atoms with van der Waals surface area (Å²) in [7, 11) is 0. The van der Waals surface area contributed by atoms with Crippen LogP contribution in [0, 0.1) is 11.6 Å². The second-order valence-electron chi connectivity index (χ2n) is 4.62. The van der Waals surface area contributed by atoms with Crippen molar-refractivity contribution in [3.8, 4) is 0 Å². The fraction of sp³-hybridized carbons (Fsp3) is 0.200. The van der Waals surface area contributed by atoms with E-state index < -0.39 is 29.4 Å². The summed E-state index contributed by atoms with van der Waals surface area (Å²) in [4.78, 5) is 0.